The third-order valence-corrected chi connectivity index (χ3v) is 1.38. The number of ether oxygens (including phenoxy) is 1. The summed E-state index contributed by atoms with van der Waals surface area (Å²) >= 11 is 0. The zero-order chi connectivity index (χ0) is 10.1. The van der Waals surface area contributed by atoms with Crippen LogP contribution in [0.3, 0.4) is 0 Å². The van der Waals surface area contributed by atoms with Crippen LogP contribution in [-0.2, 0) is 0 Å². The van der Waals surface area contributed by atoms with Gasteiger partial charge in [0, 0.05) is 0 Å². The van der Waals surface area contributed by atoms with E-state index in [2.05, 4.69) is 12.3 Å². The van der Waals surface area contributed by atoms with Crippen LogP contribution < -0.4 is 4.74 Å². The Balaban J connectivity index is 0.000000671. The van der Waals surface area contributed by atoms with Crippen LogP contribution in [0.15, 0.2) is 36.6 Å². The van der Waals surface area contributed by atoms with E-state index < -0.39 is 0 Å². The van der Waals surface area contributed by atoms with Crippen LogP contribution in [0.1, 0.15) is 19.4 Å². The fraction of sp³-hybridized carbons (Fsp3) is 0.250. The molecular weight excluding hydrogens is 160 g/mol. The molecule has 1 rings (SSSR count). The van der Waals surface area contributed by atoms with Crippen LogP contribution in [0, 0.1) is 0 Å². The third-order valence-electron chi connectivity index (χ3n) is 1.38. The Bertz CT molecular complexity index is 266. The zero-order valence-electron chi connectivity index (χ0n) is 8.50. The van der Waals surface area contributed by atoms with Gasteiger partial charge in [-0.2, -0.15) is 0 Å². The molecule has 0 aromatic heterocycles. The highest BCUT2D eigenvalue weighted by Crippen LogP contribution is 2.11. The second-order valence-corrected chi connectivity index (χ2v) is 2.12. The fourth-order valence-electron chi connectivity index (χ4n) is 0.818. The van der Waals surface area contributed by atoms with Crippen LogP contribution in [0.5, 0.6) is 5.75 Å². The summed E-state index contributed by atoms with van der Waals surface area (Å²) in [5.41, 5.74) is 3.79. The van der Waals surface area contributed by atoms with E-state index in [-0.39, 0.29) is 0 Å². The van der Waals surface area contributed by atoms with Crippen molar-refractivity contribution in [3.63, 3.8) is 0 Å². The first-order chi connectivity index (χ1) is 6.36. The molecule has 0 bridgehead atoms. The van der Waals surface area contributed by atoms with Gasteiger partial charge < -0.3 is 4.74 Å². The molecule has 0 saturated carbocycles. The van der Waals surface area contributed by atoms with E-state index in [1.807, 2.05) is 44.2 Å². The summed E-state index contributed by atoms with van der Waals surface area (Å²) in [4.78, 5) is 0. The van der Waals surface area contributed by atoms with Crippen molar-refractivity contribution in [2.24, 2.45) is 0 Å². The topological polar surface area (TPSA) is 9.23 Å². The summed E-state index contributed by atoms with van der Waals surface area (Å²) in [6.07, 6.45) is 1.82. The van der Waals surface area contributed by atoms with E-state index in [0.29, 0.717) is 0 Å². The van der Waals surface area contributed by atoms with Crippen LogP contribution >= 0.6 is 0 Å². The Hall–Kier alpha value is -1.46. The lowest BCUT2D eigenvalue weighted by Crippen LogP contribution is -1.80. The van der Waals surface area contributed by atoms with Gasteiger partial charge in [0.15, 0.2) is 0 Å². The predicted octanol–water partition coefficient (Wildman–Crippen LogP) is 3.52. The van der Waals surface area contributed by atoms with Crippen LogP contribution in [0.25, 0.3) is 6.08 Å². The van der Waals surface area contributed by atoms with E-state index in [4.69, 9.17) is 4.74 Å². The zero-order valence-corrected chi connectivity index (χ0v) is 8.50. The summed E-state index contributed by atoms with van der Waals surface area (Å²) in [6.45, 7) is 7.49. The van der Waals surface area contributed by atoms with Gasteiger partial charge in [-0.3, -0.25) is 0 Å². The first-order valence-corrected chi connectivity index (χ1v) is 4.36. The van der Waals surface area contributed by atoms with Crippen molar-refractivity contribution in [3.05, 3.63) is 42.1 Å². The highest BCUT2D eigenvalue weighted by molar-refractivity contribution is 5.49. The molecule has 0 N–H and O–H groups in total. The van der Waals surface area contributed by atoms with Gasteiger partial charge in [0.1, 0.15) is 5.75 Å². The summed E-state index contributed by atoms with van der Waals surface area (Å²) in [5.74, 6) is 0.867. The van der Waals surface area contributed by atoms with Gasteiger partial charge in [-0.05, 0) is 23.8 Å². The molecular formula is C12H16O. The Morgan fingerprint density at radius 1 is 1.23 bits per heavy atom. The smallest absolute Gasteiger partial charge is 0.118 e. The third kappa shape index (κ3) is 4.19. The molecule has 0 aliphatic heterocycles. The van der Waals surface area contributed by atoms with Gasteiger partial charge in [0.2, 0.25) is 0 Å². The van der Waals surface area contributed by atoms with Crippen LogP contribution in [0.4, 0.5) is 0 Å². The van der Waals surface area contributed by atoms with Crippen LogP contribution in [0.2, 0.25) is 0 Å². The van der Waals surface area contributed by atoms with Gasteiger partial charge in [-0.15, -0.1) is 5.73 Å². The quantitative estimate of drug-likeness (QED) is 0.626. The second kappa shape index (κ2) is 7.20. The molecule has 70 valence electrons. The molecule has 0 radical (unpaired) electrons. The summed E-state index contributed by atoms with van der Waals surface area (Å²) in [6, 6.07) is 7.72. The maximum Gasteiger partial charge on any atom is 0.118 e. The Kier molecular flexibility index (Phi) is 6.39. The van der Waals surface area contributed by atoms with E-state index in [1.165, 1.54) is 0 Å². The van der Waals surface area contributed by atoms with Gasteiger partial charge in [0.25, 0.3) is 0 Å². The standard InChI is InChI=1S/C10H10O.C2H6/c1-3-4-9-5-7-10(11-2)8-6-9;1-2/h4-8H,1H2,2H3;1-2H3. The normalized spacial score (nSPS) is 7.62. The first kappa shape index (κ1) is 11.5. The molecule has 0 spiro atoms. The highest BCUT2D eigenvalue weighted by Gasteiger charge is 1.87. The molecule has 1 nitrogen and oxygen atoms in total. The fourth-order valence-corrected chi connectivity index (χ4v) is 0.818. The van der Waals surface area contributed by atoms with Crippen molar-refractivity contribution in [3.8, 4) is 5.75 Å². The predicted molar refractivity (Wildman–Crippen MR) is 57.9 cm³/mol. The molecule has 1 aromatic carbocycles. The van der Waals surface area contributed by atoms with Crippen molar-refractivity contribution >= 4 is 6.08 Å². The first-order valence-electron chi connectivity index (χ1n) is 4.36. The molecule has 0 atom stereocenters. The summed E-state index contributed by atoms with van der Waals surface area (Å²) in [7, 11) is 1.65. The largest absolute Gasteiger partial charge is 0.497 e. The number of hydrogen-bond acceptors (Lipinski definition) is 1. The Morgan fingerprint density at radius 3 is 2.15 bits per heavy atom. The maximum atomic E-state index is 5.00. The molecule has 0 fully saturated rings. The minimum atomic E-state index is 0.867. The van der Waals surface area contributed by atoms with Gasteiger partial charge in [-0.25, -0.2) is 0 Å². The molecule has 1 aromatic rings. The lowest BCUT2D eigenvalue weighted by atomic mass is 10.2. The number of methoxy groups -OCH3 is 1. The van der Waals surface area contributed by atoms with E-state index in [1.54, 1.807) is 7.11 Å². The molecule has 1 heteroatoms. The number of benzene rings is 1. The monoisotopic (exact) mass is 176 g/mol. The van der Waals surface area contributed by atoms with Crippen molar-refractivity contribution in [2.75, 3.05) is 7.11 Å². The maximum absolute atomic E-state index is 5.00. The van der Waals surface area contributed by atoms with Crippen molar-refractivity contribution in [1.82, 2.24) is 0 Å². The Labute approximate surface area is 80.4 Å². The Morgan fingerprint density at radius 2 is 1.77 bits per heavy atom. The lowest BCUT2D eigenvalue weighted by molar-refractivity contribution is 0.415. The van der Waals surface area contributed by atoms with Gasteiger partial charge in [0.05, 0.1) is 7.11 Å². The SMILES string of the molecule is C=C=Cc1ccc(OC)cc1.CC. The lowest BCUT2D eigenvalue weighted by Gasteiger charge is -1.97. The minimum absolute atomic E-state index is 0.867. The average Bonchev–Trinajstić information content (AvgIpc) is 2.23. The van der Waals surface area contributed by atoms with E-state index >= 15 is 0 Å². The molecule has 0 heterocycles. The van der Waals surface area contributed by atoms with Crippen molar-refractivity contribution in [1.29, 1.82) is 0 Å². The number of rotatable bonds is 2. The molecule has 0 aliphatic rings. The minimum Gasteiger partial charge on any atom is -0.497 e. The summed E-state index contributed by atoms with van der Waals surface area (Å²) < 4.78 is 5.00. The van der Waals surface area contributed by atoms with E-state index in [9.17, 15) is 0 Å². The molecule has 0 saturated heterocycles. The average molecular weight is 176 g/mol. The number of hydrogen-bond donors (Lipinski definition) is 0. The molecule has 0 unspecified atom stereocenters. The summed E-state index contributed by atoms with van der Waals surface area (Å²) in [5, 5.41) is 0. The second-order valence-electron chi connectivity index (χ2n) is 2.12. The van der Waals surface area contributed by atoms with E-state index in [0.717, 1.165) is 11.3 Å². The molecule has 0 aliphatic carbocycles. The van der Waals surface area contributed by atoms with Crippen molar-refractivity contribution in [2.45, 2.75) is 13.8 Å². The van der Waals surface area contributed by atoms with Gasteiger partial charge in [-0.1, -0.05) is 32.6 Å². The van der Waals surface area contributed by atoms with Gasteiger partial charge >= 0.3 is 0 Å². The molecule has 0 amide bonds. The molecule has 13 heavy (non-hydrogen) atoms. The van der Waals surface area contributed by atoms with Crippen molar-refractivity contribution < 1.29 is 4.74 Å². The highest BCUT2D eigenvalue weighted by atomic mass is 16.5. The van der Waals surface area contributed by atoms with Crippen LogP contribution in [-0.4, -0.2) is 7.11 Å².